The maximum absolute atomic E-state index is 13.1. The standard InChI is InChI=1S/C13H10F5N/c1-7-2-8(4-10(3-7)13(16,17)18)9-5-11(14)19-12(15)6-9/h2-6,11,19H,1H3. The van der Waals surface area contributed by atoms with Crippen molar-refractivity contribution in [2.75, 3.05) is 0 Å². The number of dihydropyridines is 1. The van der Waals surface area contributed by atoms with Crippen LogP contribution in [0.15, 0.2) is 36.3 Å². The molecule has 102 valence electrons. The molecule has 0 bridgehead atoms. The van der Waals surface area contributed by atoms with Crippen molar-refractivity contribution in [2.45, 2.75) is 19.4 Å². The summed E-state index contributed by atoms with van der Waals surface area (Å²) >= 11 is 0. The van der Waals surface area contributed by atoms with Gasteiger partial charge in [-0.2, -0.15) is 17.6 Å². The van der Waals surface area contributed by atoms with Crippen LogP contribution in [-0.2, 0) is 6.18 Å². The first-order chi connectivity index (χ1) is 8.75. The van der Waals surface area contributed by atoms with Gasteiger partial charge in [0.2, 0.25) is 0 Å². The van der Waals surface area contributed by atoms with E-state index >= 15 is 0 Å². The topological polar surface area (TPSA) is 12.0 Å². The van der Waals surface area contributed by atoms with Gasteiger partial charge in [-0.25, -0.2) is 4.39 Å². The lowest BCUT2D eigenvalue weighted by atomic mass is 9.98. The van der Waals surface area contributed by atoms with E-state index in [4.69, 9.17) is 0 Å². The SMILES string of the molecule is Cc1cc(C2=CC(F)NC(F)=C2)cc(C(F)(F)F)c1. The number of benzene rings is 1. The van der Waals surface area contributed by atoms with E-state index in [0.29, 0.717) is 5.56 Å². The zero-order valence-corrected chi connectivity index (χ0v) is 9.85. The van der Waals surface area contributed by atoms with E-state index in [1.807, 2.05) is 5.32 Å². The predicted octanol–water partition coefficient (Wildman–Crippen LogP) is 4.11. The van der Waals surface area contributed by atoms with Gasteiger partial charge in [-0.1, -0.05) is 6.07 Å². The summed E-state index contributed by atoms with van der Waals surface area (Å²) in [6.45, 7) is 1.49. The van der Waals surface area contributed by atoms with Gasteiger partial charge < -0.3 is 5.32 Å². The van der Waals surface area contributed by atoms with Gasteiger partial charge in [-0.15, -0.1) is 0 Å². The minimum absolute atomic E-state index is 0.0814. The van der Waals surface area contributed by atoms with Gasteiger partial charge in [0.15, 0.2) is 12.2 Å². The third-order valence-corrected chi connectivity index (χ3v) is 2.62. The van der Waals surface area contributed by atoms with Gasteiger partial charge in [-0.05, 0) is 47.9 Å². The van der Waals surface area contributed by atoms with Crippen LogP contribution in [0.4, 0.5) is 22.0 Å². The van der Waals surface area contributed by atoms with Crippen molar-refractivity contribution in [2.24, 2.45) is 0 Å². The van der Waals surface area contributed by atoms with Gasteiger partial charge in [0.25, 0.3) is 0 Å². The number of aryl methyl sites for hydroxylation is 1. The molecule has 0 fully saturated rings. The quantitative estimate of drug-likeness (QED) is 0.601. The first kappa shape index (κ1) is 13.6. The highest BCUT2D eigenvalue weighted by atomic mass is 19.4. The van der Waals surface area contributed by atoms with Crippen molar-refractivity contribution in [3.05, 3.63) is 53.0 Å². The van der Waals surface area contributed by atoms with E-state index < -0.39 is 24.0 Å². The molecule has 0 amide bonds. The van der Waals surface area contributed by atoms with Crippen LogP contribution >= 0.6 is 0 Å². The molecular weight excluding hydrogens is 265 g/mol. The second-order valence-corrected chi connectivity index (χ2v) is 4.25. The fourth-order valence-electron chi connectivity index (χ4n) is 1.85. The molecule has 1 unspecified atom stereocenters. The maximum Gasteiger partial charge on any atom is 0.416 e. The number of halogens is 5. The molecule has 6 heteroatoms. The smallest absolute Gasteiger partial charge is 0.329 e. The van der Waals surface area contributed by atoms with Gasteiger partial charge in [-0.3, -0.25) is 0 Å². The van der Waals surface area contributed by atoms with E-state index in [1.165, 1.54) is 13.0 Å². The first-order valence-corrected chi connectivity index (χ1v) is 5.44. The summed E-state index contributed by atoms with van der Waals surface area (Å²) < 4.78 is 64.2. The van der Waals surface area contributed by atoms with Crippen molar-refractivity contribution in [1.82, 2.24) is 5.32 Å². The molecule has 1 nitrogen and oxygen atoms in total. The lowest BCUT2D eigenvalue weighted by Crippen LogP contribution is -2.23. The van der Waals surface area contributed by atoms with Gasteiger partial charge >= 0.3 is 6.18 Å². The monoisotopic (exact) mass is 275 g/mol. The predicted molar refractivity (Wildman–Crippen MR) is 61.4 cm³/mol. The van der Waals surface area contributed by atoms with Gasteiger partial charge in [0.1, 0.15) is 0 Å². The Morgan fingerprint density at radius 1 is 1.16 bits per heavy atom. The Morgan fingerprint density at radius 2 is 1.84 bits per heavy atom. The average molecular weight is 275 g/mol. The second-order valence-electron chi connectivity index (χ2n) is 4.25. The summed E-state index contributed by atoms with van der Waals surface area (Å²) in [6.07, 6.45) is -4.26. The summed E-state index contributed by atoms with van der Waals surface area (Å²) in [4.78, 5) is 0. The van der Waals surface area contributed by atoms with E-state index in [1.54, 1.807) is 0 Å². The molecule has 1 N–H and O–H groups in total. The molecule has 1 aliphatic rings. The highest BCUT2D eigenvalue weighted by Crippen LogP contribution is 2.33. The Kier molecular flexibility index (Phi) is 3.34. The van der Waals surface area contributed by atoms with Crippen LogP contribution in [0, 0.1) is 6.92 Å². The van der Waals surface area contributed by atoms with E-state index in [-0.39, 0.29) is 11.1 Å². The number of allylic oxidation sites excluding steroid dienone is 2. The summed E-state index contributed by atoms with van der Waals surface area (Å²) in [7, 11) is 0. The van der Waals surface area contributed by atoms with Gasteiger partial charge in [0.05, 0.1) is 5.56 Å². The minimum Gasteiger partial charge on any atom is -0.329 e. The van der Waals surface area contributed by atoms with Crippen LogP contribution in [0.2, 0.25) is 0 Å². The first-order valence-electron chi connectivity index (χ1n) is 5.44. The third kappa shape index (κ3) is 3.13. The zero-order chi connectivity index (χ0) is 14.2. The summed E-state index contributed by atoms with van der Waals surface area (Å²) in [5, 5.41) is 1.87. The molecular formula is C13H10F5N. The fraction of sp³-hybridized carbons (Fsp3) is 0.231. The summed E-state index contributed by atoms with van der Waals surface area (Å²) in [6, 6.07) is 3.31. The molecule has 1 atom stereocenters. The largest absolute Gasteiger partial charge is 0.416 e. The Bertz CT molecular complexity index is 557. The highest BCUT2D eigenvalue weighted by Gasteiger charge is 2.31. The molecule has 1 heterocycles. The van der Waals surface area contributed by atoms with Crippen LogP contribution in [0.1, 0.15) is 16.7 Å². The van der Waals surface area contributed by atoms with Crippen LogP contribution in [0.3, 0.4) is 0 Å². The van der Waals surface area contributed by atoms with Crippen molar-refractivity contribution in [3.8, 4) is 0 Å². The molecule has 1 aromatic rings. The van der Waals surface area contributed by atoms with E-state index in [0.717, 1.165) is 24.3 Å². The number of alkyl halides is 4. The van der Waals surface area contributed by atoms with E-state index in [9.17, 15) is 22.0 Å². The highest BCUT2D eigenvalue weighted by molar-refractivity contribution is 5.76. The van der Waals surface area contributed by atoms with Crippen molar-refractivity contribution < 1.29 is 22.0 Å². The molecule has 0 radical (unpaired) electrons. The van der Waals surface area contributed by atoms with Crippen LogP contribution in [0.25, 0.3) is 5.57 Å². The molecule has 0 aliphatic carbocycles. The van der Waals surface area contributed by atoms with Crippen molar-refractivity contribution in [1.29, 1.82) is 0 Å². The van der Waals surface area contributed by atoms with Crippen molar-refractivity contribution >= 4 is 5.57 Å². The lowest BCUT2D eigenvalue weighted by molar-refractivity contribution is -0.137. The lowest BCUT2D eigenvalue weighted by Gasteiger charge is -2.16. The Balaban J connectivity index is 2.49. The summed E-state index contributed by atoms with van der Waals surface area (Å²) in [5.41, 5.74) is -0.260. The zero-order valence-electron chi connectivity index (χ0n) is 9.85. The van der Waals surface area contributed by atoms with Crippen molar-refractivity contribution in [3.63, 3.8) is 0 Å². The number of hydrogen-bond acceptors (Lipinski definition) is 1. The maximum atomic E-state index is 13.1. The normalized spacial score (nSPS) is 19.6. The van der Waals surface area contributed by atoms with Crippen LogP contribution < -0.4 is 5.32 Å². The van der Waals surface area contributed by atoms with E-state index in [2.05, 4.69) is 0 Å². The molecule has 1 aliphatic heterocycles. The number of hydrogen-bond donors (Lipinski definition) is 1. The number of rotatable bonds is 1. The molecule has 1 aromatic carbocycles. The Morgan fingerprint density at radius 3 is 2.42 bits per heavy atom. The molecule has 0 aromatic heterocycles. The average Bonchev–Trinajstić information content (AvgIpc) is 2.25. The minimum atomic E-state index is -4.49. The van der Waals surface area contributed by atoms with Gasteiger partial charge in [0, 0.05) is 0 Å². The third-order valence-electron chi connectivity index (χ3n) is 2.62. The Hall–Kier alpha value is -1.85. The Labute approximate surface area is 106 Å². The molecule has 0 saturated carbocycles. The molecule has 0 spiro atoms. The summed E-state index contributed by atoms with van der Waals surface area (Å²) in [5.74, 6) is -0.917. The second kappa shape index (κ2) is 4.68. The number of nitrogens with one attached hydrogen (secondary N) is 1. The fourth-order valence-corrected chi connectivity index (χ4v) is 1.85. The molecule has 2 rings (SSSR count). The van der Waals surface area contributed by atoms with Crippen LogP contribution in [0.5, 0.6) is 0 Å². The molecule has 0 saturated heterocycles. The van der Waals surface area contributed by atoms with Crippen LogP contribution in [-0.4, -0.2) is 6.30 Å². The molecule has 19 heavy (non-hydrogen) atoms.